The van der Waals surface area contributed by atoms with E-state index in [1.807, 2.05) is 6.08 Å². The van der Waals surface area contributed by atoms with Gasteiger partial charge in [0, 0.05) is 44.6 Å². The van der Waals surface area contributed by atoms with Gasteiger partial charge in [0.05, 0.1) is 12.6 Å². The van der Waals surface area contributed by atoms with E-state index in [2.05, 4.69) is 92.7 Å². The Hall–Kier alpha value is -2.00. The van der Waals surface area contributed by atoms with Crippen molar-refractivity contribution in [3.05, 3.63) is 73.1 Å². The maximum Gasteiger partial charge on any atom is 0.0623 e. The number of nitrogens with zero attached hydrogens (tertiary/aromatic N) is 3. The molecule has 0 bridgehead atoms. The lowest BCUT2D eigenvalue weighted by atomic mass is 10.0. The molecule has 136 valence electrons. The Bertz CT molecular complexity index is 605. The van der Waals surface area contributed by atoms with Crippen molar-refractivity contribution in [3.63, 3.8) is 0 Å². The molecule has 1 aromatic carbocycles. The lowest BCUT2D eigenvalue weighted by molar-refractivity contribution is 0.263. The zero-order chi connectivity index (χ0) is 18.6. The molecule has 25 heavy (non-hydrogen) atoms. The molecule has 0 spiro atoms. The van der Waals surface area contributed by atoms with E-state index in [1.54, 1.807) is 0 Å². The maximum atomic E-state index is 4.33. The number of hydrogen-bond donors (Lipinski definition) is 0. The third kappa shape index (κ3) is 4.99. The molecule has 1 aliphatic rings. The standard InChI is InChI=1S/C22H33N3/c1-8-21(17(2)3)24(7)18(4)14-23(6)19(5)22-16-25(22)15-20-12-10-9-11-13-20/h8-13,17,21-22H,1,4-5,14-16H2,2-3,6-7H3. The number of benzene rings is 1. The molecular formula is C22H33N3. The van der Waals surface area contributed by atoms with Crippen LogP contribution in [0.15, 0.2) is 67.5 Å². The van der Waals surface area contributed by atoms with E-state index in [9.17, 15) is 0 Å². The Morgan fingerprint density at radius 2 is 1.88 bits per heavy atom. The first-order chi connectivity index (χ1) is 11.8. The largest absolute Gasteiger partial charge is 0.371 e. The zero-order valence-electron chi connectivity index (χ0n) is 16.3. The van der Waals surface area contributed by atoms with Crippen molar-refractivity contribution in [2.24, 2.45) is 5.92 Å². The maximum absolute atomic E-state index is 4.33. The van der Waals surface area contributed by atoms with Crippen LogP contribution in [-0.4, -0.2) is 54.0 Å². The van der Waals surface area contributed by atoms with Crippen molar-refractivity contribution in [2.75, 3.05) is 27.2 Å². The van der Waals surface area contributed by atoms with Crippen LogP contribution < -0.4 is 0 Å². The topological polar surface area (TPSA) is 9.49 Å². The van der Waals surface area contributed by atoms with Gasteiger partial charge >= 0.3 is 0 Å². The Morgan fingerprint density at radius 3 is 2.44 bits per heavy atom. The summed E-state index contributed by atoms with van der Waals surface area (Å²) in [5.41, 5.74) is 3.62. The third-order valence-corrected chi connectivity index (χ3v) is 5.11. The van der Waals surface area contributed by atoms with E-state index in [-0.39, 0.29) is 0 Å². The smallest absolute Gasteiger partial charge is 0.0623 e. The SMILES string of the molecule is C=CC(C(C)C)N(C)C(=C)CN(C)C(=C)C1CN1Cc1ccccc1. The monoisotopic (exact) mass is 339 g/mol. The van der Waals surface area contributed by atoms with E-state index < -0.39 is 0 Å². The van der Waals surface area contributed by atoms with Crippen LogP contribution in [0.3, 0.4) is 0 Å². The van der Waals surface area contributed by atoms with Crippen LogP contribution >= 0.6 is 0 Å². The van der Waals surface area contributed by atoms with Gasteiger partial charge in [-0.2, -0.15) is 0 Å². The van der Waals surface area contributed by atoms with Gasteiger partial charge in [-0.25, -0.2) is 0 Å². The minimum absolute atomic E-state index is 0.310. The minimum atomic E-state index is 0.310. The molecule has 0 aliphatic carbocycles. The van der Waals surface area contributed by atoms with E-state index in [0.717, 1.165) is 25.3 Å². The van der Waals surface area contributed by atoms with Crippen LogP contribution in [-0.2, 0) is 6.54 Å². The lowest BCUT2D eigenvalue weighted by Gasteiger charge is -2.34. The fourth-order valence-corrected chi connectivity index (χ4v) is 3.31. The first-order valence-electron chi connectivity index (χ1n) is 9.06. The average molecular weight is 340 g/mol. The van der Waals surface area contributed by atoms with Crippen LogP contribution in [0.2, 0.25) is 0 Å². The summed E-state index contributed by atoms with van der Waals surface area (Å²) in [4.78, 5) is 6.91. The number of hydrogen-bond acceptors (Lipinski definition) is 3. The molecule has 0 amide bonds. The Kier molecular flexibility index (Phi) is 6.49. The molecule has 3 heteroatoms. The Labute approximate surface area is 153 Å². The summed E-state index contributed by atoms with van der Waals surface area (Å²) < 4.78 is 0. The number of likely N-dealkylation sites (N-methyl/N-ethyl adjacent to an activating group) is 2. The van der Waals surface area contributed by atoms with Crippen molar-refractivity contribution in [2.45, 2.75) is 32.5 Å². The molecular weight excluding hydrogens is 306 g/mol. The predicted octanol–water partition coefficient (Wildman–Crippen LogP) is 3.97. The number of rotatable bonds is 10. The highest BCUT2D eigenvalue weighted by molar-refractivity contribution is 5.21. The van der Waals surface area contributed by atoms with Crippen molar-refractivity contribution >= 4 is 0 Å². The molecule has 1 saturated heterocycles. The molecule has 1 aromatic rings. The molecule has 2 rings (SSSR count). The van der Waals surface area contributed by atoms with Crippen LogP contribution in [0.1, 0.15) is 19.4 Å². The highest BCUT2D eigenvalue weighted by atomic mass is 15.3. The van der Waals surface area contributed by atoms with Gasteiger partial charge in [-0.1, -0.05) is 63.4 Å². The highest BCUT2D eigenvalue weighted by Gasteiger charge is 2.37. The van der Waals surface area contributed by atoms with Gasteiger partial charge in [-0.15, -0.1) is 6.58 Å². The molecule has 3 atom stereocenters. The van der Waals surface area contributed by atoms with Crippen LogP contribution in [0.5, 0.6) is 0 Å². The second kappa shape index (κ2) is 8.39. The summed E-state index contributed by atoms with van der Waals surface area (Å²) in [6.07, 6.45) is 2.01. The normalized spacial score (nSPS) is 20.0. The zero-order valence-corrected chi connectivity index (χ0v) is 16.3. The summed E-state index contributed by atoms with van der Waals surface area (Å²) in [6, 6.07) is 11.4. The minimum Gasteiger partial charge on any atom is -0.371 e. The first-order valence-corrected chi connectivity index (χ1v) is 9.06. The van der Waals surface area contributed by atoms with Gasteiger partial charge < -0.3 is 9.80 Å². The Balaban J connectivity index is 1.84. The molecule has 0 N–H and O–H groups in total. The van der Waals surface area contributed by atoms with Gasteiger partial charge in [-0.05, 0) is 11.5 Å². The predicted molar refractivity (Wildman–Crippen MR) is 108 cm³/mol. The molecule has 0 aromatic heterocycles. The van der Waals surface area contributed by atoms with E-state index in [1.165, 1.54) is 11.3 Å². The molecule has 1 heterocycles. The van der Waals surface area contributed by atoms with Crippen molar-refractivity contribution < 1.29 is 0 Å². The molecule has 3 unspecified atom stereocenters. The van der Waals surface area contributed by atoms with E-state index >= 15 is 0 Å². The fourth-order valence-electron chi connectivity index (χ4n) is 3.31. The molecule has 1 aliphatic heterocycles. The van der Waals surface area contributed by atoms with Crippen molar-refractivity contribution in [3.8, 4) is 0 Å². The van der Waals surface area contributed by atoms with Gasteiger partial charge in [0.15, 0.2) is 0 Å². The first kappa shape index (κ1) is 19.3. The van der Waals surface area contributed by atoms with Gasteiger partial charge in [-0.3, -0.25) is 4.90 Å². The fraction of sp³-hybridized carbons (Fsp3) is 0.455. The summed E-state index contributed by atoms with van der Waals surface area (Å²) in [5, 5.41) is 0. The van der Waals surface area contributed by atoms with Gasteiger partial charge in [0.2, 0.25) is 0 Å². The Morgan fingerprint density at radius 1 is 1.24 bits per heavy atom. The van der Waals surface area contributed by atoms with Gasteiger partial charge in [0.1, 0.15) is 0 Å². The highest BCUT2D eigenvalue weighted by Crippen LogP contribution is 2.28. The van der Waals surface area contributed by atoms with E-state index in [0.29, 0.717) is 18.0 Å². The second-order valence-electron chi connectivity index (χ2n) is 7.43. The molecule has 0 saturated carbocycles. The van der Waals surface area contributed by atoms with Crippen molar-refractivity contribution in [1.82, 2.24) is 14.7 Å². The molecule has 3 nitrogen and oxygen atoms in total. The summed E-state index contributed by atoms with van der Waals surface area (Å²) >= 11 is 0. The molecule has 1 fully saturated rings. The summed E-state index contributed by atoms with van der Waals surface area (Å²) in [5.74, 6) is 0.512. The lowest BCUT2D eigenvalue weighted by Crippen LogP contribution is -2.37. The van der Waals surface area contributed by atoms with Gasteiger partial charge in [0.25, 0.3) is 0 Å². The third-order valence-electron chi connectivity index (χ3n) is 5.11. The quantitative estimate of drug-likeness (QED) is 0.472. The molecule has 0 radical (unpaired) electrons. The van der Waals surface area contributed by atoms with E-state index in [4.69, 9.17) is 0 Å². The van der Waals surface area contributed by atoms with Crippen LogP contribution in [0.4, 0.5) is 0 Å². The van der Waals surface area contributed by atoms with Crippen molar-refractivity contribution in [1.29, 1.82) is 0 Å². The second-order valence-corrected chi connectivity index (χ2v) is 7.43. The van der Waals surface area contributed by atoms with Crippen LogP contribution in [0.25, 0.3) is 0 Å². The average Bonchev–Trinajstić information content (AvgIpc) is 3.34. The van der Waals surface area contributed by atoms with Crippen LogP contribution in [0, 0.1) is 5.92 Å². The summed E-state index contributed by atoms with van der Waals surface area (Å²) in [7, 11) is 4.21. The summed E-state index contributed by atoms with van der Waals surface area (Å²) in [6.45, 7) is 19.9.